The number of amides is 1. The molecule has 0 unspecified atom stereocenters. The van der Waals surface area contributed by atoms with Crippen molar-refractivity contribution in [3.63, 3.8) is 0 Å². The van der Waals surface area contributed by atoms with Gasteiger partial charge in [0.15, 0.2) is 5.82 Å². The third-order valence-corrected chi connectivity index (χ3v) is 1.62. The maximum absolute atomic E-state index is 13.1. The van der Waals surface area contributed by atoms with Crippen LogP contribution < -0.4 is 11.1 Å². The molecule has 14 heavy (non-hydrogen) atoms. The lowest BCUT2D eigenvalue weighted by molar-refractivity contribution is -0.116. The van der Waals surface area contributed by atoms with E-state index in [1.165, 1.54) is 19.3 Å². The highest BCUT2D eigenvalue weighted by atomic mass is 19.1. The monoisotopic (exact) mass is 195 g/mol. The fourth-order valence-electron chi connectivity index (χ4n) is 0.900. The van der Waals surface area contributed by atoms with Crippen LogP contribution in [0.25, 0.3) is 5.70 Å². The molecule has 1 aromatic rings. The SMILES string of the molecule is CNC(=O)/C=C(\N)c1ccncc1F. The number of likely N-dealkylation sites (N-methyl/N-ethyl adjacent to an activating group) is 1. The second-order valence-corrected chi connectivity index (χ2v) is 2.57. The highest BCUT2D eigenvalue weighted by Crippen LogP contribution is 2.11. The molecule has 74 valence electrons. The van der Waals surface area contributed by atoms with Gasteiger partial charge in [0.25, 0.3) is 0 Å². The lowest BCUT2D eigenvalue weighted by Crippen LogP contribution is -2.16. The summed E-state index contributed by atoms with van der Waals surface area (Å²) in [7, 11) is 1.47. The maximum atomic E-state index is 13.1. The van der Waals surface area contributed by atoms with E-state index < -0.39 is 5.82 Å². The largest absolute Gasteiger partial charge is 0.398 e. The van der Waals surface area contributed by atoms with Gasteiger partial charge in [-0.25, -0.2) is 4.39 Å². The first-order valence-electron chi connectivity index (χ1n) is 3.94. The third-order valence-electron chi connectivity index (χ3n) is 1.62. The minimum Gasteiger partial charge on any atom is -0.398 e. The van der Waals surface area contributed by atoms with Crippen molar-refractivity contribution in [2.75, 3.05) is 7.05 Å². The van der Waals surface area contributed by atoms with Gasteiger partial charge in [-0.3, -0.25) is 9.78 Å². The van der Waals surface area contributed by atoms with E-state index in [0.29, 0.717) is 0 Å². The number of aromatic nitrogens is 1. The number of pyridine rings is 1. The molecule has 0 atom stereocenters. The lowest BCUT2D eigenvalue weighted by Gasteiger charge is -2.01. The summed E-state index contributed by atoms with van der Waals surface area (Å²) < 4.78 is 13.1. The van der Waals surface area contributed by atoms with E-state index in [2.05, 4.69) is 10.3 Å². The van der Waals surface area contributed by atoms with Gasteiger partial charge in [-0.1, -0.05) is 0 Å². The summed E-state index contributed by atoms with van der Waals surface area (Å²) in [5.41, 5.74) is 5.75. The number of carbonyl (C=O) groups is 1. The summed E-state index contributed by atoms with van der Waals surface area (Å²) in [6.45, 7) is 0. The highest BCUT2D eigenvalue weighted by Gasteiger charge is 2.05. The van der Waals surface area contributed by atoms with E-state index >= 15 is 0 Å². The van der Waals surface area contributed by atoms with Crippen LogP contribution in [-0.2, 0) is 4.79 Å². The number of halogens is 1. The van der Waals surface area contributed by atoms with Crippen LogP contribution in [0.15, 0.2) is 24.5 Å². The second-order valence-electron chi connectivity index (χ2n) is 2.57. The van der Waals surface area contributed by atoms with E-state index in [1.807, 2.05) is 0 Å². The van der Waals surface area contributed by atoms with Crippen molar-refractivity contribution in [2.45, 2.75) is 0 Å². The van der Waals surface area contributed by atoms with Gasteiger partial charge < -0.3 is 11.1 Å². The Bertz CT molecular complexity index is 376. The zero-order chi connectivity index (χ0) is 10.6. The Morgan fingerprint density at radius 2 is 2.43 bits per heavy atom. The van der Waals surface area contributed by atoms with Crippen molar-refractivity contribution < 1.29 is 9.18 Å². The number of rotatable bonds is 2. The molecule has 4 nitrogen and oxygen atoms in total. The first-order valence-corrected chi connectivity index (χ1v) is 3.94. The van der Waals surface area contributed by atoms with Crippen molar-refractivity contribution in [1.29, 1.82) is 0 Å². The standard InChI is InChI=1S/C9H10FN3O/c1-12-9(14)4-8(11)6-2-3-13-5-7(6)10/h2-5H,11H2,1H3,(H,12,14)/b8-4-. The molecule has 1 rings (SSSR count). The third kappa shape index (κ3) is 2.29. The number of hydrogen-bond donors (Lipinski definition) is 2. The van der Waals surface area contributed by atoms with Crippen LogP contribution >= 0.6 is 0 Å². The maximum Gasteiger partial charge on any atom is 0.245 e. The van der Waals surface area contributed by atoms with Crippen LogP contribution in [0.4, 0.5) is 4.39 Å². The molecule has 0 spiro atoms. The second kappa shape index (κ2) is 4.36. The van der Waals surface area contributed by atoms with Gasteiger partial charge in [-0.05, 0) is 6.07 Å². The van der Waals surface area contributed by atoms with Crippen LogP contribution in [0, 0.1) is 5.82 Å². The molecule has 0 aromatic carbocycles. The molecule has 0 radical (unpaired) electrons. The Hall–Kier alpha value is -1.91. The zero-order valence-electron chi connectivity index (χ0n) is 7.62. The number of nitrogens with zero attached hydrogens (tertiary/aromatic N) is 1. The van der Waals surface area contributed by atoms with Crippen LogP contribution in [0.3, 0.4) is 0 Å². The first kappa shape index (κ1) is 10.2. The normalized spacial score (nSPS) is 11.1. The van der Waals surface area contributed by atoms with E-state index in [-0.39, 0.29) is 17.2 Å². The molecule has 0 aliphatic heterocycles. The highest BCUT2D eigenvalue weighted by molar-refractivity contribution is 5.94. The molecule has 3 N–H and O–H groups in total. The quantitative estimate of drug-likeness (QED) is 0.665. The molecule has 0 aliphatic rings. The van der Waals surface area contributed by atoms with Crippen molar-refractivity contribution in [2.24, 2.45) is 5.73 Å². The molecule has 0 saturated heterocycles. The molecular formula is C9H10FN3O. The van der Waals surface area contributed by atoms with Crippen molar-refractivity contribution >= 4 is 11.6 Å². The van der Waals surface area contributed by atoms with Crippen LogP contribution in [-0.4, -0.2) is 17.9 Å². The smallest absolute Gasteiger partial charge is 0.245 e. The summed E-state index contributed by atoms with van der Waals surface area (Å²) in [6.07, 6.45) is 3.57. The molecule has 1 aromatic heterocycles. The molecule has 5 heteroatoms. The van der Waals surface area contributed by atoms with E-state index in [4.69, 9.17) is 5.73 Å². The number of nitrogens with two attached hydrogens (primary N) is 1. The average molecular weight is 195 g/mol. The summed E-state index contributed by atoms with van der Waals surface area (Å²) in [6, 6.07) is 1.41. The molecule has 1 amide bonds. The van der Waals surface area contributed by atoms with Crippen LogP contribution in [0.5, 0.6) is 0 Å². The summed E-state index contributed by atoms with van der Waals surface area (Å²) in [5, 5.41) is 2.35. The van der Waals surface area contributed by atoms with Gasteiger partial charge in [0.2, 0.25) is 5.91 Å². The van der Waals surface area contributed by atoms with Gasteiger partial charge in [0.1, 0.15) is 0 Å². The van der Waals surface area contributed by atoms with Gasteiger partial charge in [-0.2, -0.15) is 0 Å². The minimum atomic E-state index is -0.551. The van der Waals surface area contributed by atoms with E-state index in [1.54, 1.807) is 0 Å². The summed E-state index contributed by atoms with van der Waals surface area (Å²) in [4.78, 5) is 14.5. The predicted octanol–water partition coefficient (Wildman–Crippen LogP) is 0.266. The molecule has 0 bridgehead atoms. The van der Waals surface area contributed by atoms with Crippen LogP contribution in [0.1, 0.15) is 5.56 Å². The van der Waals surface area contributed by atoms with Gasteiger partial charge in [0.05, 0.1) is 6.20 Å². The first-order chi connectivity index (χ1) is 6.65. The number of hydrogen-bond acceptors (Lipinski definition) is 3. The topological polar surface area (TPSA) is 68.0 Å². The minimum absolute atomic E-state index is 0.0734. The molecule has 0 aliphatic carbocycles. The fraction of sp³-hybridized carbons (Fsp3) is 0.111. The Morgan fingerprint density at radius 1 is 1.71 bits per heavy atom. The Balaban J connectivity index is 3.00. The van der Waals surface area contributed by atoms with Crippen molar-refractivity contribution in [3.8, 4) is 0 Å². The summed E-state index contributed by atoms with van der Waals surface area (Å²) in [5.74, 6) is -0.927. The van der Waals surface area contributed by atoms with Crippen molar-refractivity contribution in [3.05, 3.63) is 35.9 Å². The van der Waals surface area contributed by atoms with Crippen LogP contribution in [0.2, 0.25) is 0 Å². The van der Waals surface area contributed by atoms with Gasteiger partial charge >= 0.3 is 0 Å². The predicted molar refractivity (Wildman–Crippen MR) is 50.4 cm³/mol. The number of nitrogens with one attached hydrogen (secondary N) is 1. The lowest BCUT2D eigenvalue weighted by atomic mass is 10.2. The Kier molecular flexibility index (Phi) is 3.17. The molecule has 1 heterocycles. The zero-order valence-corrected chi connectivity index (χ0v) is 7.62. The fourth-order valence-corrected chi connectivity index (χ4v) is 0.900. The van der Waals surface area contributed by atoms with Crippen molar-refractivity contribution in [1.82, 2.24) is 10.3 Å². The molecular weight excluding hydrogens is 185 g/mol. The average Bonchev–Trinajstić information content (AvgIpc) is 2.18. The van der Waals surface area contributed by atoms with Gasteiger partial charge in [0, 0.05) is 30.6 Å². The molecule has 0 fully saturated rings. The summed E-state index contributed by atoms with van der Waals surface area (Å²) >= 11 is 0. The van der Waals surface area contributed by atoms with Gasteiger partial charge in [-0.15, -0.1) is 0 Å². The molecule has 0 saturated carbocycles. The number of carbonyl (C=O) groups excluding carboxylic acids is 1. The Morgan fingerprint density at radius 3 is 3.00 bits per heavy atom. The van der Waals surface area contributed by atoms with E-state index in [9.17, 15) is 9.18 Å². The van der Waals surface area contributed by atoms with E-state index in [0.717, 1.165) is 12.3 Å². The Labute approximate surface area is 80.6 Å².